The zero-order valence-corrected chi connectivity index (χ0v) is 11.4. The third-order valence-corrected chi connectivity index (χ3v) is 3.06. The van der Waals surface area contributed by atoms with E-state index in [1.54, 1.807) is 4.57 Å². The quantitative estimate of drug-likeness (QED) is 0.799. The maximum absolute atomic E-state index is 12.3. The summed E-state index contributed by atoms with van der Waals surface area (Å²) in [6.07, 6.45) is -5.28. The van der Waals surface area contributed by atoms with Gasteiger partial charge < -0.3 is 0 Å². The molecule has 0 aliphatic rings. The van der Waals surface area contributed by atoms with E-state index in [2.05, 4.69) is 26.1 Å². The maximum atomic E-state index is 12.3. The highest BCUT2D eigenvalue weighted by molar-refractivity contribution is 9.08. The zero-order chi connectivity index (χ0) is 13.9. The summed E-state index contributed by atoms with van der Waals surface area (Å²) < 4.78 is 38.5. The van der Waals surface area contributed by atoms with E-state index < -0.39 is 12.6 Å². The summed E-state index contributed by atoms with van der Waals surface area (Å²) in [6.45, 7) is 0. The summed E-state index contributed by atoms with van der Waals surface area (Å²) in [5.74, 6) is 0.904. The number of nitrogens with zero attached hydrogens (tertiary/aromatic N) is 3. The van der Waals surface area contributed by atoms with Gasteiger partial charge in [0, 0.05) is 12.1 Å². The lowest BCUT2D eigenvalue weighted by Gasteiger charge is -2.10. The van der Waals surface area contributed by atoms with Crippen molar-refractivity contribution in [3.63, 3.8) is 0 Å². The van der Waals surface area contributed by atoms with Crippen LogP contribution in [0.5, 0.6) is 0 Å². The van der Waals surface area contributed by atoms with Gasteiger partial charge in [-0.15, -0.1) is 10.2 Å². The van der Waals surface area contributed by atoms with Gasteiger partial charge in [-0.1, -0.05) is 34.1 Å². The molecule has 102 valence electrons. The number of rotatable bonds is 4. The molecule has 3 nitrogen and oxygen atoms in total. The Kier molecular flexibility index (Phi) is 4.24. The Morgan fingerprint density at radius 3 is 2.26 bits per heavy atom. The Labute approximate surface area is 116 Å². The Morgan fingerprint density at radius 2 is 1.68 bits per heavy atom. The molecule has 0 bridgehead atoms. The van der Waals surface area contributed by atoms with Crippen LogP contribution in [0.4, 0.5) is 13.2 Å². The van der Waals surface area contributed by atoms with Crippen molar-refractivity contribution in [1.82, 2.24) is 14.8 Å². The minimum Gasteiger partial charge on any atom is -0.282 e. The van der Waals surface area contributed by atoms with Crippen LogP contribution in [0, 0.1) is 0 Å². The van der Waals surface area contributed by atoms with Gasteiger partial charge in [0.1, 0.15) is 11.6 Å². The summed E-state index contributed by atoms with van der Waals surface area (Å²) in [7, 11) is 0. The van der Waals surface area contributed by atoms with Gasteiger partial charge in [-0.05, 0) is 12.1 Å². The van der Waals surface area contributed by atoms with E-state index in [1.807, 2.05) is 30.3 Å². The Morgan fingerprint density at radius 1 is 1.05 bits per heavy atom. The Balaban J connectivity index is 2.33. The Bertz CT molecular complexity index is 537. The van der Waals surface area contributed by atoms with E-state index in [9.17, 15) is 13.2 Å². The molecule has 0 unspecified atom stereocenters. The monoisotopic (exact) mass is 333 g/mol. The van der Waals surface area contributed by atoms with E-state index in [0.29, 0.717) is 17.0 Å². The Hall–Kier alpha value is -1.37. The van der Waals surface area contributed by atoms with Crippen LogP contribution in [-0.4, -0.2) is 20.9 Å². The van der Waals surface area contributed by atoms with Gasteiger partial charge in [0.05, 0.1) is 11.8 Å². The molecule has 0 N–H and O–H groups in total. The van der Waals surface area contributed by atoms with Crippen molar-refractivity contribution in [3.8, 4) is 5.69 Å². The van der Waals surface area contributed by atoms with Crippen LogP contribution in [0.3, 0.4) is 0 Å². The summed E-state index contributed by atoms with van der Waals surface area (Å²) >= 11 is 3.26. The van der Waals surface area contributed by atoms with Gasteiger partial charge >= 0.3 is 6.18 Å². The minimum absolute atomic E-state index is 0.182. The lowest BCUT2D eigenvalue weighted by atomic mass is 10.2. The molecule has 2 rings (SSSR count). The highest BCUT2D eigenvalue weighted by Crippen LogP contribution is 2.23. The molecule has 19 heavy (non-hydrogen) atoms. The average Bonchev–Trinajstić information content (AvgIpc) is 2.79. The molecule has 0 radical (unpaired) electrons. The van der Waals surface area contributed by atoms with Crippen LogP contribution in [-0.2, 0) is 11.8 Å². The predicted molar refractivity (Wildman–Crippen MR) is 68.4 cm³/mol. The van der Waals surface area contributed by atoms with Crippen molar-refractivity contribution in [2.24, 2.45) is 0 Å². The van der Waals surface area contributed by atoms with Gasteiger partial charge in [-0.3, -0.25) is 4.57 Å². The number of benzene rings is 1. The molecule has 0 saturated heterocycles. The first-order chi connectivity index (χ1) is 9.01. The number of alkyl halides is 4. The second-order valence-corrected chi connectivity index (χ2v) is 4.51. The van der Waals surface area contributed by atoms with Crippen molar-refractivity contribution in [3.05, 3.63) is 42.0 Å². The zero-order valence-electron chi connectivity index (χ0n) is 9.86. The van der Waals surface area contributed by atoms with Crippen molar-refractivity contribution >= 4 is 15.9 Å². The maximum Gasteiger partial charge on any atom is 0.389 e. The number of aromatic nitrogens is 3. The van der Waals surface area contributed by atoms with E-state index in [-0.39, 0.29) is 6.42 Å². The van der Waals surface area contributed by atoms with E-state index in [0.717, 1.165) is 5.69 Å². The molecular formula is C12H11BrF3N3. The summed E-state index contributed by atoms with van der Waals surface area (Å²) in [5, 5.41) is 8.19. The molecule has 0 aliphatic carbocycles. The fraction of sp³-hybridized carbons (Fsp3) is 0.333. The molecule has 0 spiro atoms. The fourth-order valence-corrected chi connectivity index (χ4v) is 2.09. The average molecular weight is 334 g/mol. The number of halogens is 4. The SMILES string of the molecule is FC(F)(F)CCc1nnc(CBr)n1-c1ccccc1. The third-order valence-electron chi connectivity index (χ3n) is 2.56. The normalized spacial score (nSPS) is 11.8. The van der Waals surface area contributed by atoms with Gasteiger partial charge in [-0.2, -0.15) is 13.2 Å². The molecule has 0 aliphatic heterocycles. The molecule has 2 aromatic rings. The van der Waals surface area contributed by atoms with Crippen molar-refractivity contribution in [2.75, 3.05) is 0 Å². The van der Waals surface area contributed by atoms with E-state index in [1.165, 1.54) is 0 Å². The molecule has 1 heterocycles. The molecule has 0 atom stereocenters. The van der Waals surface area contributed by atoms with E-state index in [4.69, 9.17) is 0 Å². The largest absolute Gasteiger partial charge is 0.389 e. The molecular weight excluding hydrogens is 323 g/mol. The number of para-hydroxylation sites is 1. The second-order valence-electron chi connectivity index (χ2n) is 3.95. The van der Waals surface area contributed by atoms with Gasteiger partial charge in [-0.25, -0.2) is 0 Å². The number of hydrogen-bond acceptors (Lipinski definition) is 2. The van der Waals surface area contributed by atoms with Crippen molar-refractivity contribution in [2.45, 2.75) is 24.3 Å². The predicted octanol–water partition coefficient (Wildman–Crippen LogP) is 3.66. The first-order valence-corrected chi connectivity index (χ1v) is 6.75. The lowest BCUT2D eigenvalue weighted by Crippen LogP contribution is -2.12. The summed E-state index contributed by atoms with van der Waals surface area (Å²) in [4.78, 5) is 0. The van der Waals surface area contributed by atoms with Crippen LogP contribution in [0.1, 0.15) is 18.1 Å². The number of hydrogen-bond donors (Lipinski definition) is 0. The van der Waals surface area contributed by atoms with Crippen LogP contribution in [0.2, 0.25) is 0 Å². The summed E-state index contributed by atoms with van der Waals surface area (Å²) in [5.41, 5.74) is 0.763. The second kappa shape index (κ2) is 5.73. The smallest absolute Gasteiger partial charge is 0.282 e. The first kappa shape index (κ1) is 14.0. The molecule has 0 saturated carbocycles. The van der Waals surface area contributed by atoms with Crippen molar-refractivity contribution in [1.29, 1.82) is 0 Å². The van der Waals surface area contributed by atoms with Gasteiger partial charge in [0.2, 0.25) is 0 Å². The van der Waals surface area contributed by atoms with Gasteiger partial charge in [0.15, 0.2) is 0 Å². The third kappa shape index (κ3) is 3.56. The molecule has 7 heteroatoms. The highest BCUT2D eigenvalue weighted by atomic mass is 79.9. The van der Waals surface area contributed by atoms with Crippen LogP contribution < -0.4 is 0 Å². The van der Waals surface area contributed by atoms with Crippen LogP contribution in [0.25, 0.3) is 5.69 Å². The van der Waals surface area contributed by atoms with Crippen LogP contribution >= 0.6 is 15.9 Å². The van der Waals surface area contributed by atoms with Crippen LogP contribution in [0.15, 0.2) is 30.3 Å². The van der Waals surface area contributed by atoms with Crippen molar-refractivity contribution < 1.29 is 13.2 Å². The number of aryl methyl sites for hydroxylation is 1. The summed E-state index contributed by atoms with van der Waals surface area (Å²) in [6, 6.07) is 9.11. The standard InChI is InChI=1S/C12H11BrF3N3/c13-8-11-18-17-10(6-7-12(14,15)16)19(11)9-4-2-1-3-5-9/h1-5H,6-8H2. The molecule has 0 amide bonds. The minimum atomic E-state index is -4.19. The topological polar surface area (TPSA) is 30.7 Å². The lowest BCUT2D eigenvalue weighted by molar-refractivity contribution is -0.134. The van der Waals surface area contributed by atoms with Gasteiger partial charge in [0.25, 0.3) is 0 Å². The first-order valence-electron chi connectivity index (χ1n) is 5.62. The highest BCUT2D eigenvalue weighted by Gasteiger charge is 2.28. The van der Waals surface area contributed by atoms with E-state index >= 15 is 0 Å². The molecule has 0 fully saturated rings. The molecule has 1 aromatic heterocycles. The fourth-order valence-electron chi connectivity index (χ4n) is 1.73. The molecule has 1 aromatic carbocycles.